The number of alkyl halides is 5. The molecule has 50 valence electrons. The number of halogens is 5. The lowest BCUT2D eigenvalue weighted by Gasteiger charge is -2.21. The second-order valence-electron chi connectivity index (χ2n) is 1.04. The lowest BCUT2D eigenvalue weighted by molar-refractivity contribution is 1.16. The van der Waals surface area contributed by atoms with Gasteiger partial charge < -0.3 is 0 Å². The molecule has 0 atom stereocenters. The lowest BCUT2D eigenvalue weighted by Crippen LogP contribution is -2.23. The number of hydrogen-bond acceptors (Lipinski definition) is 1. The molecule has 0 spiro atoms. The minimum Gasteiger partial charge on any atom is -0.137 e. The van der Waals surface area contributed by atoms with Gasteiger partial charge in [0, 0.05) is 0 Å². The summed E-state index contributed by atoms with van der Waals surface area (Å²) in [5, 5.41) is 0. The van der Waals surface area contributed by atoms with Crippen LogP contribution >= 0.6 is 75.0 Å². The second kappa shape index (κ2) is 2.93. The topological polar surface area (TPSA) is 0 Å². The van der Waals surface area contributed by atoms with Crippen molar-refractivity contribution in [2.45, 2.75) is 6.91 Å². The molecule has 8 heavy (non-hydrogen) atoms. The van der Waals surface area contributed by atoms with Crippen molar-refractivity contribution >= 4 is 75.0 Å². The van der Waals surface area contributed by atoms with Crippen LogP contribution in [0.3, 0.4) is 0 Å². The molecule has 0 aromatic heterocycles. The Bertz CT molecular complexity index is 69.0. The summed E-state index contributed by atoms with van der Waals surface area (Å²) >= 11 is 27.8. The van der Waals surface area contributed by atoms with Crippen LogP contribution in [0.1, 0.15) is 0 Å². The van der Waals surface area contributed by atoms with Gasteiger partial charge in [0.05, 0.1) is 0 Å². The second-order valence-corrected chi connectivity index (χ2v) is 6.99. The summed E-state index contributed by atoms with van der Waals surface area (Å²) in [5.41, 5.74) is 0. The van der Waals surface area contributed by atoms with Crippen LogP contribution in [0.5, 0.6) is 0 Å². The minimum atomic E-state index is -1.48. The molecule has 0 nitrogen and oxygen atoms in total. The average Bonchev–Trinajstić information content (AvgIpc) is 1.25. The van der Waals surface area contributed by atoms with Gasteiger partial charge >= 0.3 is 0 Å². The third-order valence-corrected chi connectivity index (χ3v) is 3.82. The van der Waals surface area contributed by atoms with Crippen molar-refractivity contribution in [2.75, 3.05) is 0 Å². The van der Waals surface area contributed by atoms with E-state index in [-0.39, 0.29) is 0 Å². The Morgan fingerprint density at radius 2 is 1.25 bits per heavy atom. The molecule has 0 heterocycles. The first-order valence-corrected chi connectivity index (χ1v) is 4.17. The summed E-state index contributed by atoms with van der Waals surface area (Å²) in [6.07, 6.45) is 0. The van der Waals surface area contributed by atoms with E-state index in [1.807, 2.05) is 0 Å². The Balaban J connectivity index is 4.02. The van der Waals surface area contributed by atoms with Crippen LogP contribution in [-0.2, 0) is 0 Å². The van der Waals surface area contributed by atoms with Gasteiger partial charge in [-0.25, -0.2) is 0 Å². The van der Waals surface area contributed by atoms with Crippen LogP contribution in [0, 0.1) is 0 Å². The van der Waals surface area contributed by atoms with E-state index in [0.717, 1.165) is 0 Å². The van der Waals surface area contributed by atoms with Crippen LogP contribution in [0.4, 0.5) is 0 Å². The fraction of sp³-hybridized carbons (Fsp3) is 1.00. The molecule has 0 aromatic rings. The van der Waals surface area contributed by atoms with Crippen LogP contribution in [0.25, 0.3) is 0 Å². The maximum atomic E-state index is 5.35. The van der Waals surface area contributed by atoms with Gasteiger partial charge in [0.25, 0.3) is 0 Å². The van der Waals surface area contributed by atoms with Gasteiger partial charge in [-0.05, 0) is 15.9 Å². The van der Waals surface area contributed by atoms with E-state index in [1.165, 1.54) is 0 Å². The first-order chi connectivity index (χ1) is 3.25. The molecule has 0 radical (unpaired) electrons. The third kappa shape index (κ3) is 3.23. The normalized spacial score (nSPS) is 14.2. The van der Waals surface area contributed by atoms with Crippen molar-refractivity contribution in [3.05, 3.63) is 0 Å². The van der Waals surface area contributed by atoms with Crippen molar-refractivity contribution in [3.63, 3.8) is 0 Å². The van der Waals surface area contributed by atoms with Crippen LogP contribution in [-0.4, -0.2) is 6.91 Å². The van der Waals surface area contributed by atoms with Crippen molar-refractivity contribution in [1.29, 1.82) is 0 Å². The molecule has 0 saturated heterocycles. The maximum absolute atomic E-state index is 5.35. The third-order valence-electron chi connectivity index (χ3n) is 0.341. The Labute approximate surface area is 81.3 Å². The lowest BCUT2D eigenvalue weighted by atomic mass is 10.9. The monoisotopic (exact) mass is 276 g/mol. The zero-order valence-electron chi connectivity index (χ0n) is 3.34. The SMILES string of the molecule is SC(Cl)(Cl)C(Cl)(Cl)Br. The highest BCUT2D eigenvalue weighted by Gasteiger charge is 2.41. The maximum Gasteiger partial charge on any atom is 0.213 e. The number of hydrogen-bond donors (Lipinski definition) is 1. The van der Waals surface area contributed by atoms with Gasteiger partial charge in [-0.3, -0.25) is 0 Å². The van der Waals surface area contributed by atoms with E-state index in [9.17, 15) is 0 Å². The molecule has 0 aliphatic heterocycles. The molecule has 0 fully saturated rings. The predicted molar refractivity (Wildman–Crippen MR) is 46.8 cm³/mol. The van der Waals surface area contributed by atoms with Gasteiger partial charge in [-0.2, -0.15) is 0 Å². The average molecular weight is 279 g/mol. The molecule has 0 aliphatic rings. The summed E-state index contributed by atoms with van der Waals surface area (Å²) in [7, 11) is 0. The quantitative estimate of drug-likeness (QED) is 0.550. The summed E-state index contributed by atoms with van der Waals surface area (Å²) in [5.74, 6) is 0. The standard InChI is InChI=1S/C2HBrCl4S/c3-1(4,5)2(6,7)8/h8H. The van der Waals surface area contributed by atoms with Crippen LogP contribution in [0.2, 0.25) is 0 Å². The Kier molecular flexibility index (Phi) is 3.66. The first kappa shape index (κ1) is 9.99. The van der Waals surface area contributed by atoms with Crippen molar-refractivity contribution in [2.24, 2.45) is 0 Å². The van der Waals surface area contributed by atoms with Crippen molar-refractivity contribution < 1.29 is 0 Å². The fourth-order valence-electron chi connectivity index (χ4n) is 0. The molecule has 0 rings (SSSR count). The van der Waals surface area contributed by atoms with E-state index in [0.29, 0.717) is 0 Å². The van der Waals surface area contributed by atoms with E-state index in [4.69, 9.17) is 46.4 Å². The number of thiol groups is 1. The molecule has 0 N–H and O–H groups in total. The summed E-state index contributed by atoms with van der Waals surface area (Å²) in [6, 6.07) is 0. The summed E-state index contributed by atoms with van der Waals surface area (Å²) in [4.78, 5) is 0. The predicted octanol–water partition coefficient (Wildman–Crippen LogP) is 3.57. The Morgan fingerprint density at radius 3 is 1.25 bits per heavy atom. The van der Waals surface area contributed by atoms with E-state index in [2.05, 4.69) is 28.6 Å². The molecule has 0 saturated carbocycles. The van der Waals surface area contributed by atoms with E-state index in [1.54, 1.807) is 0 Å². The first-order valence-electron chi connectivity index (χ1n) is 1.42. The molecular weight excluding hydrogens is 278 g/mol. The smallest absolute Gasteiger partial charge is 0.137 e. The van der Waals surface area contributed by atoms with Crippen molar-refractivity contribution in [1.82, 2.24) is 0 Å². The fourth-order valence-corrected chi connectivity index (χ4v) is 0. The highest BCUT2D eigenvalue weighted by atomic mass is 79.9. The minimum absolute atomic E-state index is 1.41. The Hall–Kier alpha value is 1.99. The molecule has 0 aliphatic carbocycles. The van der Waals surface area contributed by atoms with Gasteiger partial charge in [0.15, 0.2) is 0 Å². The molecule has 0 aromatic carbocycles. The Morgan fingerprint density at radius 1 is 1.12 bits per heavy atom. The molecule has 6 heteroatoms. The van der Waals surface area contributed by atoms with Gasteiger partial charge in [-0.15, -0.1) is 12.6 Å². The largest absolute Gasteiger partial charge is 0.213 e. The van der Waals surface area contributed by atoms with Gasteiger partial charge in [0.2, 0.25) is 6.91 Å². The molecule has 0 amide bonds. The van der Waals surface area contributed by atoms with Gasteiger partial charge in [0.1, 0.15) is 0 Å². The zero-order chi connectivity index (χ0) is 7.00. The highest BCUT2D eigenvalue weighted by Crippen LogP contribution is 2.49. The highest BCUT2D eigenvalue weighted by molar-refractivity contribution is 9.11. The van der Waals surface area contributed by atoms with Crippen LogP contribution in [0.15, 0.2) is 0 Å². The van der Waals surface area contributed by atoms with Gasteiger partial charge in [-0.1, -0.05) is 46.4 Å². The molecule has 0 bridgehead atoms. The van der Waals surface area contributed by atoms with E-state index >= 15 is 0 Å². The summed E-state index contributed by atoms with van der Waals surface area (Å²) < 4.78 is -2.89. The molecular formula is C2HBrCl4S. The zero-order valence-corrected chi connectivity index (χ0v) is 8.84. The van der Waals surface area contributed by atoms with E-state index < -0.39 is 6.91 Å². The summed E-state index contributed by atoms with van der Waals surface area (Å²) in [6.45, 7) is 0. The van der Waals surface area contributed by atoms with Crippen molar-refractivity contribution in [3.8, 4) is 0 Å². The number of rotatable bonds is 1. The molecule has 0 unspecified atom stereocenters. The van der Waals surface area contributed by atoms with Crippen LogP contribution < -0.4 is 0 Å².